The number of fused-ring (bicyclic) bond motifs is 2. The Hall–Kier alpha value is -3.50. The first-order valence-electron chi connectivity index (χ1n) is 16.4. The van der Waals surface area contributed by atoms with Crippen LogP contribution in [0.1, 0.15) is 41.1 Å². The van der Waals surface area contributed by atoms with Crippen LogP contribution in [0.5, 0.6) is 0 Å². The summed E-state index contributed by atoms with van der Waals surface area (Å²) < 4.78 is 72.9. The summed E-state index contributed by atoms with van der Waals surface area (Å²) in [5.41, 5.74) is 3.91. The number of piperidine rings is 1. The van der Waals surface area contributed by atoms with Crippen LogP contribution in [0.2, 0.25) is 0 Å². The number of aromatic nitrogens is 4. The minimum atomic E-state index is -4.47. The minimum Gasteiger partial charge on any atom is -0.390 e. The molecule has 1 unspecified atom stereocenters. The van der Waals surface area contributed by atoms with E-state index in [1.165, 1.54) is 27.4 Å². The lowest BCUT2D eigenvalue weighted by Gasteiger charge is -2.33. The molecule has 0 bridgehead atoms. The fourth-order valence-corrected chi connectivity index (χ4v) is 8.05. The van der Waals surface area contributed by atoms with Gasteiger partial charge in [-0.3, -0.25) is 4.68 Å². The number of aliphatic hydroxyl groups is 1. The number of pyridine rings is 1. The van der Waals surface area contributed by atoms with Gasteiger partial charge in [-0.2, -0.15) is 22.6 Å². The average Bonchev–Trinajstić information content (AvgIpc) is 3.66. The van der Waals surface area contributed by atoms with Crippen LogP contribution in [0.15, 0.2) is 42.7 Å². The van der Waals surface area contributed by atoms with Gasteiger partial charge in [0, 0.05) is 67.5 Å². The first-order chi connectivity index (χ1) is 22.9. The Morgan fingerprint density at radius 2 is 1.79 bits per heavy atom. The Balaban J connectivity index is 1.03. The number of nitrogens with one attached hydrogen (secondary N) is 1. The number of morpholine rings is 1. The summed E-state index contributed by atoms with van der Waals surface area (Å²) in [5, 5.41) is 17.2. The number of alkyl halides is 3. The highest BCUT2D eigenvalue weighted by Gasteiger charge is 2.33. The summed E-state index contributed by atoms with van der Waals surface area (Å²) in [6.07, 6.45) is 2.23. The van der Waals surface area contributed by atoms with Gasteiger partial charge in [0.2, 0.25) is 10.0 Å². The summed E-state index contributed by atoms with van der Waals surface area (Å²) in [6, 6.07) is 6.92. The molecule has 6 heterocycles. The summed E-state index contributed by atoms with van der Waals surface area (Å²) >= 11 is 0. The van der Waals surface area contributed by atoms with Gasteiger partial charge in [-0.05, 0) is 55.6 Å². The zero-order valence-corrected chi connectivity index (χ0v) is 27.6. The van der Waals surface area contributed by atoms with Gasteiger partial charge in [0.1, 0.15) is 5.82 Å². The maximum absolute atomic E-state index is 13.2. The number of anilines is 1. The van der Waals surface area contributed by atoms with Crippen molar-refractivity contribution in [2.75, 3.05) is 63.6 Å². The van der Waals surface area contributed by atoms with Gasteiger partial charge in [-0.25, -0.2) is 13.4 Å². The number of ether oxygens (including phenoxy) is 1. The van der Waals surface area contributed by atoms with Gasteiger partial charge >= 0.3 is 6.18 Å². The molecule has 4 aromatic rings. The number of halogens is 3. The van der Waals surface area contributed by atoms with Crippen LogP contribution in [-0.4, -0.2) is 107 Å². The lowest BCUT2D eigenvalue weighted by atomic mass is 9.89. The van der Waals surface area contributed by atoms with Crippen LogP contribution in [0.25, 0.3) is 22.2 Å². The summed E-state index contributed by atoms with van der Waals surface area (Å²) in [7, 11) is -3.49. The van der Waals surface area contributed by atoms with E-state index in [1.54, 1.807) is 4.68 Å². The zero-order chi connectivity index (χ0) is 33.6. The van der Waals surface area contributed by atoms with Crippen LogP contribution in [0, 0.1) is 0 Å². The molecule has 1 aromatic carbocycles. The van der Waals surface area contributed by atoms with Gasteiger partial charge in [0.05, 0.1) is 55.1 Å². The molecule has 258 valence electrons. The third-order valence-corrected chi connectivity index (χ3v) is 11.1. The molecular formula is C33H40F3N7O4S. The van der Waals surface area contributed by atoms with Gasteiger partial charge in [-0.15, -0.1) is 0 Å². The van der Waals surface area contributed by atoms with Crippen molar-refractivity contribution in [3.05, 3.63) is 65.1 Å². The molecule has 0 aliphatic carbocycles. The number of hydrogen-bond acceptors (Lipinski definition) is 8. The van der Waals surface area contributed by atoms with Crippen LogP contribution >= 0.6 is 0 Å². The highest BCUT2D eigenvalue weighted by molar-refractivity contribution is 7.88. The second kappa shape index (κ2) is 13.1. The van der Waals surface area contributed by atoms with Crippen molar-refractivity contribution in [2.45, 2.75) is 50.6 Å². The molecular weight excluding hydrogens is 647 g/mol. The van der Waals surface area contributed by atoms with E-state index in [1.807, 2.05) is 6.20 Å². The number of aromatic amines is 1. The van der Waals surface area contributed by atoms with Crippen molar-refractivity contribution in [2.24, 2.45) is 0 Å². The SMILES string of the molecule is CS(=O)(=O)N1CCc2c(c(-c3ccc(C(F)(F)F)cc3)nn2CC(O)CN2CCC(c3c[nH]c4cnc(N5CCOCC5)cc34)CC2)C1. The number of benzene rings is 1. The number of likely N-dealkylation sites (tertiary alicyclic amines) is 1. The second-order valence-electron chi connectivity index (χ2n) is 13.0. The number of hydrogen-bond donors (Lipinski definition) is 2. The molecule has 11 nitrogen and oxygen atoms in total. The molecule has 3 aliphatic heterocycles. The lowest BCUT2D eigenvalue weighted by molar-refractivity contribution is -0.137. The molecule has 2 saturated heterocycles. The lowest BCUT2D eigenvalue weighted by Crippen LogP contribution is -2.40. The van der Waals surface area contributed by atoms with Crippen LogP contribution in [-0.2, 0) is 40.4 Å². The van der Waals surface area contributed by atoms with Crippen molar-refractivity contribution < 1.29 is 31.4 Å². The van der Waals surface area contributed by atoms with Gasteiger partial charge in [-0.1, -0.05) is 12.1 Å². The molecule has 0 amide bonds. The zero-order valence-electron chi connectivity index (χ0n) is 26.8. The van der Waals surface area contributed by atoms with E-state index in [2.05, 4.69) is 32.0 Å². The van der Waals surface area contributed by atoms with E-state index >= 15 is 0 Å². The Kier molecular flexibility index (Phi) is 9.00. The fraction of sp³-hybridized carbons (Fsp3) is 0.515. The van der Waals surface area contributed by atoms with Gasteiger partial charge < -0.3 is 24.6 Å². The molecule has 2 fully saturated rings. The summed E-state index contributed by atoms with van der Waals surface area (Å²) in [6.45, 7) is 5.71. The van der Waals surface area contributed by atoms with Crippen molar-refractivity contribution in [1.82, 2.24) is 29.0 Å². The molecule has 7 rings (SSSR count). The normalized spacial score (nSPS) is 19.6. The highest BCUT2D eigenvalue weighted by Crippen LogP contribution is 2.36. The van der Waals surface area contributed by atoms with Crippen molar-refractivity contribution in [1.29, 1.82) is 0 Å². The molecule has 2 N–H and O–H groups in total. The predicted molar refractivity (Wildman–Crippen MR) is 175 cm³/mol. The maximum atomic E-state index is 13.2. The monoisotopic (exact) mass is 687 g/mol. The molecule has 3 aromatic heterocycles. The van der Waals surface area contributed by atoms with Crippen LogP contribution in [0.4, 0.5) is 19.0 Å². The third kappa shape index (κ3) is 6.83. The maximum Gasteiger partial charge on any atom is 0.416 e. The van der Waals surface area contributed by atoms with Crippen molar-refractivity contribution >= 4 is 26.7 Å². The fourth-order valence-electron chi connectivity index (χ4n) is 7.27. The standard InChI is InChI=1S/C33H40F3N7O4S/c1-48(45,46)42-11-8-30-28(21-42)32(23-2-4-24(5-3-23)33(34,35)36)39-43(30)20-25(44)19-40-9-6-22(7-10-40)27-17-37-29-18-38-31(16-26(27)29)41-12-14-47-15-13-41/h2-5,16-18,22,25,37,44H,6-15,19-21H2,1H3. The topological polar surface area (TPSA) is 120 Å². The Morgan fingerprint density at radius 1 is 1.06 bits per heavy atom. The smallest absolute Gasteiger partial charge is 0.390 e. The Bertz CT molecular complexity index is 1860. The summed E-state index contributed by atoms with van der Waals surface area (Å²) in [5.74, 6) is 1.35. The number of nitrogens with zero attached hydrogens (tertiary/aromatic N) is 6. The quantitative estimate of drug-likeness (QED) is 0.287. The first kappa shape index (κ1) is 33.0. The van der Waals surface area contributed by atoms with E-state index < -0.39 is 27.9 Å². The van der Waals surface area contributed by atoms with Gasteiger partial charge in [0.25, 0.3) is 0 Å². The molecule has 15 heteroatoms. The molecule has 0 radical (unpaired) electrons. The minimum absolute atomic E-state index is 0.0754. The molecule has 1 atom stereocenters. The highest BCUT2D eigenvalue weighted by atomic mass is 32.2. The van der Waals surface area contributed by atoms with Crippen molar-refractivity contribution in [3.63, 3.8) is 0 Å². The van der Waals surface area contributed by atoms with E-state index in [0.29, 0.717) is 48.9 Å². The van der Waals surface area contributed by atoms with E-state index in [4.69, 9.17) is 9.84 Å². The first-order valence-corrected chi connectivity index (χ1v) is 18.2. The Labute approximate surface area is 277 Å². The number of rotatable bonds is 8. The number of sulfonamides is 1. The predicted octanol–water partition coefficient (Wildman–Crippen LogP) is 3.84. The average molecular weight is 688 g/mol. The molecule has 0 saturated carbocycles. The number of H-pyrrole nitrogens is 1. The molecule has 0 spiro atoms. The van der Waals surface area contributed by atoms with Gasteiger partial charge in [0.15, 0.2) is 0 Å². The second-order valence-corrected chi connectivity index (χ2v) is 15.0. The van der Waals surface area contributed by atoms with Crippen LogP contribution in [0.3, 0.4) is 0 Å². The van der Waals surface area contributed by atoms with E-state index in [-0.39, 0.29) is 19.6 Å². The van der Waals surface area contributed by atoms with Crippen molar-refractivity contribution in [3.8, 4) is 11.3 Å². The molecule has 48 heavy (non-hydrogen) atoms. The van der Waals surface area contributed by atoms with E-state index in [9.17, 15) is 26.7 Å². The van der Waals surface area contributed by atoms with Crippen LogP contribution < -0.4 is 4.90 Å². The third-order valence-electron chi connectivity index (χ3n) is 9.85. The van der Waals surface area contributed by atoms with E-state index in [0.717, 1.165) is 74.4 Å². The summed E-state index contributed by atoms with van der Waals surface area (Å²) in [4.78, 5) is 12.6. The number of aliphatic hydroxyl groups excluding tert-OH is 1. The number of β-amino-alcohol motifs (C(OH)–C–C–N with tert-alkyl or cyclic N) is 1. The Morgan fingerprint density at radius 3 is 2.48 bits per heavy atom. The largest absolute Gasteiger partial charge is 0.416 e. The molecule has 3 aliphatic rings.